The van der Waals surface area contributed by atoms with Crippen molar-refractivity contribution in [2.24, 2.45) is 0 Å². The molecule has 1 atom stereocenters. The first-order valence-electron chi connectivity index (χ1n) is 5.23. The lowest BCUT2D eigenvalue weighted by atomic mass is 10.3. The summed E-state index contributed by atoms with van der Waals surface area (Å²) in [5, 5.41) is -0.520. The monoisotopic (exact) mass is 260 g/mol. The zero-order valence-electron chi connectivity index (χ0n) is 9.34. The van der Waals surface area contributed by atoms with Crippen LogP contribution >= 0.6 is 0 Å². The smallest absolute Gasteiger partial charge is 0.263 e. The highest BCUT2D eigenvalue weighted by atomic mass is 32.2. The van der Waals surface area contributed by atoms with Crippen molar-refractivity contribution in [1.29, 1.82) is 0 Å². The Kier molecular flexibility index (Phi) is 3.41. The van der Waals surface area contributed by atoms with Gasteiger partial charge in [-0.05, 0) is 19.1 Å². The van der Waals surface area contributed by atoms with Gasteiger partial charge < -0.3 is 4.74 Å². The van der Waals surface area contributed by atoms with Gasteiger partial charge in [-0.1, -0.05) is 0 Å². The molecule has 0 spiro atoms. The van der Waals surface area contributed by atoms with E-state index in [2.05, 4.69) is 4.98 Å². The van der Waals surface area contributed by atoms with Crippen molar-refractivity contribution in [1.82, 2.24) is 9.29 Å². The molecule has 1 aliphatic rings. The van der Waals surface area contributed by atoms with Crippen LogP contribution in [0.1, 0.15) is 6.92 Å². The van der Waals surface area contributed by atoms with Crippen molar-refractivity contribution in [3.05, 3.63) is 24.1 Å². The summed E-state index contributed by atoms with van der Waals surface area (Å²) in [6.45, 7) is 2.57. The van der Waals surface area contributed by atoms with E-state index >= 15 is 0 Å². The molecular formula is C10H13FN2O3S. The molecule has 1 aliphatic heterocycles. The van der Waals surface area contributed by atoms with Crippen LogP contribution in [0.25, 0.3) is 0 Å². The normalized spacial score (nSPS) is 22.6. The zero-order chi connectivity index (χ0) is 12.5. The highest BCUT2D eigenvalue weighted by Gasteiger charge is 2.34. The molecule has 17 heavy (non-hydrogen) atoms. The van der Waals surface area contributed by atoms with Crippen molar-refractivity contribution in [3.63, 3.8) is 0 Å². The molecule has 5 nitrogen and oxygen atoms in total. The van der Waals surface area contributed by atoms with Crippen LogP contribution in [0.2, 0.25) is 0 Å². The number of ether oxygens (including phenoxy) is 1. The quantitative estimate of drug-likeness (QED) is 0.782. The molecule has 7 heteroatoms. The average Bonchev–Trinajstić information content (AvgIpc) is 2.29. The summed E-state index contributed by atoms with van der Waals surface area (Å²) < 4.78 is 44.2. The standard InChI is InChI=1S/C10H13FN2O3S/c1-8-7-16-6-5-13(8)17(14,15)10-9(11)3-2-4-12-10/h2-4,8H,5-7H2,1H3. The number of rotatable bonds is 2. The molecule has 0 aliphatic carbocycles. The molecular weight excluding hydrogens is 247 g/mol. The second kappa shape index (κ2) is 4.67. The Morgan fingerprint density at radius 2 is 2.35 bits per heavy atom. The Labute approximate surface area is 99.3 Å². The molecule has 1 fully saturated rings. The number of nitrogens with zero attached hydrogens (tertiary/aromatic N) is 2. The number of aromatic nitrogens is 1. The molecule has 0 radical (unpaired) electrons. The summed E-state index contributed by atoms with van der Waals surface area (Å²) >= 11 is 0. The molecule has 1 saturated heterocycles. The van der Waals surface area contributed by atoms with Crippen molar-refractivity contribution in [2.45, 2.75) is 18.0 Å². The summed E-state index contributed by atoms with van der Waals surface area (Å²) in [6.07, 6.45) is 1.26. The fraction of sp³-hybridized carbons (Fsp3) is 0.500. The van der Waals surface area contributed by atoms with Gasteiger partial charge in [0.25, 0.3) is 10.0 Å². The maximum Gasteiger partial charge on any atom is 0.263 e. The SMILES string of the molecule is CC1COCCN1S(=O)(=O)c1ncccc1F. The summed E-state index contributed by atoms with van der Waals surface area (Å²) in [7, 11) is -3.87. The summed E-state index contributed by atoms with van der Waals surface area (Å²) in [5.41, 5.74) is 0. The Morgan fingerprint density at radius 3 is 3.00 bits per heavy atom. The van der Waals surface area contributed by atoms with Crippen LogP contribution in [0, 0.1) is 5.82 Å². The van der Waals surface area contributed by atoms with Crippen molar-refractivity contribution in [3.8, 4) is 0 Å². The molecule has 0 N–H and O–H groups in total. The molecule has 2 rings (SSSR count). The van der Waals surface area contributed by atoms with Gasteiger partial charge in [-0.2, -0.15) is 4.31 Å². The van der Waals surface area contributed by atoms with E-state index in [1.807, 2.05) is 0 Å². The number of hydrogen-bond donors (Lipinski definition) is 0. The lowest BCUT2D eigenvalue weighted by molar-refractivity contribution is 0.0390. The number of pyridine rings is 1. The van der Waals surface area contributed by atoms with Gasteiger partial charge in [-0.3, -0.25) is 0 Å². The Balaban J connectivity index is 2.39. The lowest BCUT2D eigenvalue weighted by Crippen LogP contribution is -2.47. The summed E-state index contributed by atoms with van der Waals surface area (Å²) in [6, 6.07) is 2.14. The minimum Gasteiger partial charge on any atom is -0.378 e. The van der Waals surface area contributed by atoms with E-state index in [9.17, 15) is 12.8 Å². The molecule has 0 amide bonds. The predicted octanol–water partition coefficient (Wildman–Crippen LogP) is 0.630. The fourth-order valence-electron chi connectivity index (χ4n) is 1.74. The Hall–Kier alpha value is -1.05. The first-order valence-corrected chi connectivity index (χ1v) is 6.67. The van der Waals surface area contributed by atoms with E-state index in [1.165, 1.54) is 16.6 Å². The highest BCUT2D eigenvalue weighted by Crippen LogP contribution is 2.20. The molecule has 1 unspecified atom stereocenters. The van der Waals surface area contributed by atoms with E-state index in [-0.39, 0.29) is 12.6 Å². The van der Waals surface area contributed by atoms with Crippen LogP contribution in [0.4, 0.5) is 4.39 Å². The third-order valence-corrected chi connectivity index (χ3v) is 4.53. The molecule has 0 aromatic carbocycles. The molecule has 2 heterocycles. The van der Waals surface area contributed by atoms with Gasteiger partial charge in [-0.25, -0.2) is 17.8 Å². The van der Waals surface area contributed by atoms with Crippen LogP contribution in [0.5, 0.6) is 0 Å². The van der Waals surface area contributed by atoms with E-state index < -0.39 is 20.9 Å². The topological polar surface area (TPSA) is 59.5 Å². The van der Waals surface area contributed by atoms with Gasteiger partial charge in [0, 0.05) is 18.8 Å². The third kappa shape index (κ3) is 2.31. The number of hydrogen-bond acceptors (Lipinski definition) is 4. The minimum atomic E-state index is -3.87. The van der Waals surface area contributed by atoms with E-state index in [1.54, 1.807) is 6.92 Å². The minimum absolute atomic E-state index is 0.222. The Morgan fingerprint density at radius 1 is 1.59 bits per heavy atom. The largest absolute Gasteiger partial charge is 0.378 e. The second-order valence-corrected chi connectivity index (χ2v) is 5.64. The van der Waals surface area contributed by atoms with Crippen LogP contribution < -0.4 is 0 Å². The molecule has 0 saturated carbocycles. The number of halogens is 1. The van der Waals surface area contributed by atoms with Gasteiger partial charge in [0.1, 0.15) is 0 Å². The molecule has 94 valence electrons. The first kappa shape index (κ1) is 12.4. The third-order valence-electron chi connectivity index (χ3n) is 2.58. The van der Waals surface area contributed by atoms with E-state index in [4.69, 9.17) is 4.74 Å². The van der Waals surface area contributed by atoms with Crippen LogP contribution in [0.15, 0.2) is 23.4 Å². The van der Waals surface area contributed by atoms with E-state index in [0.717, 1.165) is 6.07 Å². The van der Waals surface area contributed by atoms with Crippen molar-refractivity contribution in [2.75, 3.05) is 19.8 Å². The summed E-state index contributed by atoms with van der Waals surface area (Å²) in [4.78, 5) is 3.61. The fourth-order valence-corrected chi connectivity index (χ4v) is 3.32. The molecule has 0 bridgehead atoms. The lowest BCUT2D eigenvalue weighted by Gasteiger charge is -2.31. The van der Waals surface area contributed by atoms with E-state index in [0.29, 0.717) is 13.2 Å². The van der Waals surface area contributed by atoms with Gasteiger partial charge in [0.05, 0.1) is 13.2 Å². The molecule has 1 aromatic heterocycles. The van der Waals surface area contributed by atoms with Crippen LogP contribution in [-0.4, -0.2) is 43.5 Å². The predicted molar refractivity (Wildman–Crippen MR) is 58.4 cm³/mol. The van der Waals surface area contributed by atoms with Gasteiger partial charge in [0.2, 0.25) is 5.03 Å². The number of sulfonamides is 1. The van der Waals surface area contributed by atoms with Gasteiger partial charge in [-0.15, -0.1) is 0 Å². The van der Waals surface area contributed by atoms with Crippen molar-refractivity contribution < 1.29 is 17.5 Å². The molecule has 1 aromatic rings. The van der Waals surface area contributed by atoms with Crippen LogP contribution in [-0.2, 0) is 14.8 Å². The number of morpholine rings is 1. The summed E-state index contributed by atoms with van der Waals surface area (Å²) in [5.74, 6) is -0.828. The van der Waals surface area contributed by atoms with Gasteiger partial charge in [0.15, 0.2) is 5.82 Å². The van der Waals surface area contributed by atoms with Crippen molar-refractivity contribution >= 4 is 10.0 Å². The Bertz CT molecular complexity index is 506. The van der Waals surface area contributed by atoms with Gasteiger partial charge >= 0.3 is 0 Å². The highest BCUT2D eigenvalue weighted by molar-refractivity contribution is 7.89. The average molecular weight is 260 g/mol. The second-order valence-electron chi connectivity index (χ2n) is 3.83. The van der Waals surface area contributed by atoms with Crippen LogP contribution in [0.3, 0.4) is 0 Å². The maximum atomic E-state index is 13.5. The maximum absolute atomic E-state index is 13.5. The zero-order valence-corrected chi connectivity index (χ0v) is 10.2. The first-order chi connectivity index (χ1) is 8.03.